The van der Waals surface area contributed by atoms with Crippen molar-refractivity contribution in [1.29, 1.82) is 10.7 Å². The number of ether oxygens (including phenoxy) is 1. The summed E-state index contributed by atoms with van der Waals surface area (Å²) < 4.78 is 5.19. The van der Waals surface area contributed by atoms with E-state index in [0.717, 1.165) is 25.7 Å². The predicted molar refractivity (Wildman–Crippen MR) is 104 cm³/mol. The zero-order valence-electron chi connectivity index (χ0n) is 17.0. The third-order valence-electron chi connectivity index (χ3n) is 7.52. The van der Waals surface area contributed by atoms with Gasteiger partial charge in [0.05, 0.1) is 11.5 Å². The zero-order valence-corrected chi connectivity index (χ0v) is 17.0. The van der Waals surface area contributed by atoms with Crippen LogP contribution < -0.4 is 0 Å². The second-order valence-electron chi connectivity index (χ2n) is 9.67. The van der Waals surface area contributed by atoms with Gasteiger partial charge in [-0.25, -0.2) is 4.79 Å². The van der Waals surface area contributed by atoms with E-state index < -0.39 is 30.3 Å². The quantitative estimate of drug-likeness (QED) is 0.545. The Bertz CT molecular complexity index is 748. The van der Waals surface area contributed by atoms with Crippen molar-refractivity contribution >= 4 is 23.4 Å². The molecule has 5 rings (SSSR count). The van der Waals surface area contributed by atoms with E-state index in [1.54, 1.807) is 11.0 Å². The van der Waals surface area contributed by atoms with Gasteiger partial charge in [-0.05, 0) is 76.0 Å². The lowest BCUT2D eigenvalue weighted by Gasteiger charge is -2.56. The summed E-state index contributed by atoms with van der Waals surface area (Å²) in [5, 5.41) is 16.5. The molecule has 1 N–H and O–H groups in total. The topological polar surface area (TPSA) is 111 Å². The van der Waals surface area contributed by atoms with E-state index in [2.05, 4.69) is 0 Å². The van der Waals surface area contributed by atoms with Crippen LogP contribution in [0.3, 0.4) is 0 Å². The Labute approximate surface area is 171 Å². The molecule has 7 nitrogen and oxygen atoms in total. The van der Waals surface area contributed by atoms with Crippen molar-refractivity contribution in [2.45, 2.75) is 64.3 Å². The van der Waals surface area contributed by atoms with Gasteiger partial charge in [-0.3, -0.25) is 9.59 Å². The van der Waals surface area contributed by atoms with Gasteiger partial charge in [-0.15, -0.1) is 0 Å². The van der Waals surface area contributed by atoms with Crippen LogP contribution in [0, 0.1) is 45.8 Å². The Morgan fingerprint density at radius 1 is 1.17 bits per heavy atom. The van der Waals surface area contributed by atoms with Crippen LogP contribution in [0.15, 0.2) is 0 Å². The number of likely N-dealkylation sites (tertiary alicyclic amines) is 1. The molecule has 7 heteroatoms. The van der Waals surface area contributed by atoms with E-state index >= 15 is 0 Å². The molecule has 29 heavy (non-hydrogen) atoms. The summed E-state index contributed by atoms with van der Waals surface area (Å²) >= 11 is 0. The second kappa shape index (κ2) is 7.55. The molecule has 2 atom stereocenters. The molecule has 1 saturated heterocycles. The molecule has 1 heterocycles. The van der Waals surface area contributed by atoms with Crippen molar-refractivity contribution in [3.05, 3.63) is 0 Å². The maximum Gasteiger partial charge on any atom is 0.329 e. The summed E-state index contributed by atoms with van der Waals surface area (Å²) in [5.74, 6) is -0.253. The first-order chi connectivity index (χ1) is 13.8. The second-order valence-corrected chi connectivity index (χ2v) is 9.67. The van der Waals surface area contributed by atoms with Crippen molar-refractivity contribution in [3.63, 3.8) is 0 Å². The average Bonchev–Trinajstić information content (AvgIpc) is 3.14. The van der Waals surface area contributed by atoms with E-state index in [9.17, 15) is 14.4 Å². The van der Waals surface area contributed by atoms with Crippen LogP contribution in [-0.4, -0.2) is 47.5 Å². The number of Topliss-reactive ketones (excluding diaryl/α,β-unsaturated/α-hetero) is 1. The standard InChI is InChI=1S/C22H29N3O4/c1-13(24)17(11-23)19(26)12-29-20(27)18-3-2-4-25(18)21(28)22-8-14-5-15(9-22)7-16(6-14)10-22/h14-18,24H,2-10,12H2,1H3/t14?,15?,16?,17?,18-,22?/m1/s1. The number of nitrogens with one attached hydrogen (secondary N) is 1. The lowest BCUT2D eigenvalue weighted by atomic mass is 9.49. The Kier molecular flexibility index (Phi) is 5.22. The highest BCUT2D eigenvalue weighted by Gasteiger charge is 2.57. The number of ketones is 1. The van der Waals surface area contributed by atoms with Crippen molar-refractivity contribution in [2.75, 3.05) is 13.2 Å². The number of carbonyl (C=O) groups excluding carboxylic acids is 3. The Morgan fingerprint density at radius 3 is 2.28 bits per heavy atom. The van der Waals surface area contributed by atoms with Crippen molar-refractivity contribution < 1.29 is 19.1 Å². The molecule has 4 aliphatic carbocycles. The molecule has 1 unspecified atom stereocenters. The molecule has 1 aliphatic heterocycles. The minimum atomic E-state index is -1.18. The van der Waals surface area contributed by atoms with Crippen molar-refractivity contribution in [3.8, 4) is 6.07 Å². The SMILES string of the molecule is CC(=N)C(C#N)C(=O)COC(=O)[C@H]1CCCN1C(=O)C12CC3CC(CC(C3)C1)C2. The fourth-order valence-electron chi connectivity index (χ4n) is 6.66. The molecule has 0 aromatic rings. The average molecular weight is 399 g/mol. The van der Waals surface area contributed by atoms with Gasteiger partial charge in [-0.2, -0.15) is 5.26 Å². The van der Waals surface area contributed by atoms with Crippen LogP contribution in [0.25, 0.3) is 0 Å². The summed E-state index contributed by atoms with van der Waals surface area (Å²) in [5.41, 5.74) is -0.357. The number of amides is 1. The third kappa shape index (κ3) is 3.58. The van der Waals surface area contributed by atoms with E-state index in [-0.39, 0.29) is 17.0 Å². The molecule has 0 spiro atoms. The number of esters is 1. The van der Waals surface area contributed by atoms with Gasteiger partial charge in [-0.1, -0.05) is 0 Å². The minimum Gasteiger partial charge on any atom is -0.456 e. The summed E-state index contributed by atoms with van der Waals surface area (Å²) in [6.45, 7) is 1.42. The van der Waals surface area contributed by atoms with Crippen molar-refractivity contribution in [1.82, 2.24) is 4.90 Å². The van der Waals surface area contributed by atoms with E-state index in [1.165, 1.54) is 26.2 Å². The first-order valence-electron chi connectivity index (χ1n) is 10.8. The molecular formula is C22H29N3O4. The highest BCUT2D eigenvalue weighted by molar-refractivity contribution is 6.06. The van der Waals surface area contributed by atoms with E-state index in [0.29, 0.717) is 30.7 Å². The smallest absolute Gasteiger partial charge is 0.329 e. The number of hydrogen-bond acceptors (Lipinski definition) is 6. The van der Waals surface area contributed by atoms with Crippen LogP contribution in [0.4, 0.5) is 0 Å². The number of hydrogen-bond donors (Lipinski definition) is 1. The van der Waals surface area contributed by atoms with Gasteiger partial charge in [0.1, 0.15) is 12.0 Å². The van der Waals surface area contributed by atoms with Gasteiger partial charge in [0.25, 0.3) is 0 Å². The van der Waals surface area contributed by atoms with Crippen LogP contribution >= 0.6 is 0 Å². The van der Waals surface area contributed by atoms with Crippen LogP contribution in [-0.2, 0) is 19.1 Å². The minimum absolute atomic E-state index is 0.0620. The van der Waals surface area contributed by atoms with Gasteiger partial charge in [0, 0.05) is 12.3 Å². The highest BCUT2D eigenvalue weighted by Crippen LogP contribution is 2.60. The monoisotopic (exact) mass is 399 g/mol. The predicted octanol–water partition coefficient (Wildman–Crippen LogP) is 2.49. The molecule has 0 aromatic heterocycles. The number of nitriles is 1. The summed E-state index contributed by atoms with van der Waals surface area (Å²) in [7, 11) is 0. The van der Waals surface area contributed by atoms with Gasteiger partial charge < -0.3 is 15.0 Å². The maximum absolute atomic E-state index is 13.6. The Balaban J connectivity index is 1.41. The summed E-state index contributed by atoms with van der Waals surface area (Å²) in [6, 6.07) is 1.13. The molecule has 156 valence electrons. The highest BCUT2D eigenvalue weighted by atomic mass is 16.5. The normalized spacial score (nSPS) is 35.8. The van der Waals surface area contributed by atoms with Crippen molar-refractivity contribution in [2.24, 2.45) is 29.1 Å². The van der Waals surface area contributed by atoms with Gasteiger partial charge in [0.2, 0.25) is 5.91 Å². The van der Waals surface area contributed by atoms with Crippen LogP contribution in [0.2, 0.25) is 0 Å². The molecule has 4 saturated carbocycles. The van der Waals surface area contributed by atoms with Crippen LogP contribution in [0.5, 0.6) is 0 Å². The molecule has 5 aliphatic rings. The summed E-state index contributed by atoms with van der Waals surface area (Å²) in [6.07, 6.45) is 7.94. The summed E-state index contributed by atoms with van der Waals surface area (Å²) in [4.78, 5) is 40.0. The molecule has 0 radical (unpaired) electrons. The molecule has 4 bridgehead atoms. The van der Waals surface area contributed by atoms with Gasteiger partial charge in [0.15, 0.2) is 12.4 Å². The molecular weight excluding hydrogens is 370 g/mol. The fourth-order valence-corrected chi connectivity index (χ4v) is 6.66. The Hall–Kier alpha value is -2.23. The van der Waals surface area contributed by atoms with Gasteiger partial charge >= 0.3 is 5.97 Å². The van der Waals surface area contributed by atoms with Crippen LogP contribution in [0.1, 0.15) is 58.3 Å². The lowest BCUT2D eigenvalue weighted by molar-refractivity contribution is -0.166. The number of nitrogens with zero attached hydrogens (tertiary/aromatic N) is 2. The third-order valence-corrected chi connectivity index (χ3v) is 7.52. The largest absolute Gasteiger partial charge is 0.456 e. The maximum atomic E-state index is 13.6. The zero-order chi connectivity index (χ0) is 20.8. The molecule has 5 fully saturated rings. The fraction of sp³-hybridized carbons (Fsp3) is 0.773. The Morgan fingerprint density at radius 2 is 1.76 bits per heavy atom. The van der Waals surface area contributed by atoms with E-state index in [1.807, 2.05) is 0 Å². The number of rotatable bonds is 6. The number of carbonyl (C=O) groups is 3. The molecule has 1 amide bonds. The molecule has 0 aromatic carbocycles. The lowest BCUT2D eigenvalue weighted by Crippen LogP contribution is -2.56. The first-order valence-corrected chi connectivity index (χ1v) is 10.8. The van der Waals surface area contributed by atoms with E-state index in [4.69, 9.17) is 15.4 Å². The first kappa shape index (κ1) is 20.1.